The molecule has 3 nitrogen and oxygen atoms in total. The largest absolute Gasteiger partial charge is 0.394 e. The van der Waals surface area contributed by atoms with Crippen molar-refractivity contribution in [2.45, 2.75) is 51.2 Å². The normalized spacial score (nSPS) is 14.8. The molecule has 0 rings (SSSR count). The molecule has 0 spiro atoms. The molecule has 0 aromatic rings. The van der Waals surface area contributed by atoms with E-state index in [9.17, 15) is 5.11 Å². The highest BCUT2D eigenvalue weighted by atomic mass is 35.5. The second-order valence-corrected chi connectivity index (χ2v) is 4.19. The quantitative estimate of drug-likeness (QED) is 0.634. The van der Waals surface area contributed by atoms with E-state index in [-0.39, 0.29) is 19.0 Å². The van der Waals surface area contributed by atoms with E-state index >= 15 is 0 Å². The van der Waals surface area contributed by atoms with Crippen LogP contribution >= 0.6 is 12.4 Å². The number of aliphatic hydroxyl groups is 2. The monoisotopic (exact) mass is 239 g/mol. The lowest BCUT2D eigenvalue weighted by atomic mass is 10.0. The first kappa shape index (κ1) is 17.6. The van der Waals surface area contributed by atoms with Crippen LogP contribution in [-0.2, 0) is 0 Å². The summed E-state index contributed by atoms with van der Waals surface area (Å²) in [6, 6.07) is 0.392. The molecule has 0 amide bonds. The van der Waals surface area contributed by atoms with Gasteiger partial charge in [0.25, 0.3) is 0 Å². The number of aliphatic hydroxyl groups excluding tert-OH is 2. The Bertz CT molecular complexity index is 134. The van der Waals surface area contributed by atoms with E-state index in [4.69, 9.17) is 5.11 Å². The molecule has 94 valence electrons. The van der Waals surface area contributed by atoms with Crippen LogP contribution in [0.1, 0.15) is 39.0 Å². The first-order valence-electron chi connectivity index (χ1n) is 5.57. The molecule has 4 heteroatoms. The first-order chi connectivity index (χ1) is 6.61. The van der Waals surface area contributed by atoms with E-state index in [2.05, 4.69) is 11.8 Å². The van der Waals surface area contributed by atoms with Gasteiger partial charge < -0.3 is 15.1 Å². The third kappa shape index (κ3) is 9.12. The predicted molar refractivity (Wildman–Crippen MR) is 66.6 cm³/mol. The van der Waals surface area contributed by atoms with Crippen LogP contribution in [0.15, 0.2) is 0 Å². The number of nitrogens with zero attached hydrogens (tertiary/aromatic N) is 1. The van der Waals surface area contributed by atoms with Gasteiger partial charge in [0.05, 0.1) is 12.7 Å². The standard InChI is InChI=1S/C11H25NO2.ClH/c1-4-5-6-7-10(12(2)3)8-11(14)9-13;/h10-11,13-14H,4-9H2,1-3H3;1H. The minimum atomic E-state index is -0.566. The number of unbranched alkanes of at least 4 members (excludes halogenated alkanes) is 2. The Balaban J connectivity index is 0. The number of hydrogen-bond donors (Lipinski definition) is 2. The van der Waals surface area contributed by atoms with Gasteiger partial charge >= 0.3 is 0 Å². The van der Waals surface area contributed by atoms with Crippen LogP contribution in [0.25, 0.3) is 0 Å². The smallest absolute Gasteiger partial charge is 0.0785 e. The third-order valence-electron chi connectivity index (χ3n) is 2.63. The average Bonchev–Trinajstić information content (AvgIpc) is 2.16. The maximum Gasteiger partial charge on any atom is 0.0785 e. The summed E-state index contributed by atoms with van der Waals surface area (Å²) in [5.74, 6) is 0. The number of halogens is 1. The van der Waals surface area contributed by atoms with Crippen molar-refractivity contribution in [3.8, 4) is 0 Å². The average molecular weight is 240 g/mol. The Kier molecular flexibility index (Phi) is 12.5. The van der Waals surface area contributed by atoms with Crippen molar-refractivity contribution in [1.29, 1.82) is 0 Å². The van der Waals surface area contributed by atoms with Crippen molar-refractivity contribution in [2.24, 2.45) is 0 Å². The molecule has 0 aromatic heterocycles. The summed E-state index contributed by atoms with van der Waals surface area (Å²) in [5, 5.41) is 18.1. The SMILES string of the molecule is CCCCCC(CC(O)CO)N(C)C.Cl. The highest BCUT2D eigenvalue weighted by molar-refractivity contribution is 5.85. The molecule has 2 unspecified atom stereocenters. The van der Waals surface area contributed by atoms with Crippen molar-refractivity contribution >= 4 is 12.4 Å². The van der Waals surface area contributed by atoms with Crippen molar-refractivity contribution in [1.82, 2.24) is 4.90 Å². The molecule has 0 aliphatic rings. The fourth-order valence-corrected chi connectivity index (χ4v) is 1.61. The molecule has 0 heterocycles. The van der Waals surface area contributed by atoms with E-state index in [0.717, 1.165) is 6.42 Å². The summed E-state index contributed by atoms with van der Waals surface area (Å²) >= 11 is 0. The lowest BCUT2D eigenvalue weighted by molar-refractivity contribution is 0.0634. The van der Waals surface area contributed by atoms with Gasteiger partial charge in [-0.3, -0.25) is 0 Å². The highest BCUT2D eigenvalue weighted by Gasteiger charge is 2.15. The summed E-state index contributed by atoms with van der Waals surface area (Å²) in [4.78, 5) is 2.13. The Hall–Kier alpha value is 0.170. The molecule has 2 atom stereocenters. The van der Waals surface area contributed by atoms with Crippen molar-refractivity contribution in [3.05, 3.63) is 0 Å². The van der Waals surface area contributed by atoms with Crippen LogP contribution < -0.4 is 0 Å². The summed E-state index contributed by atoms with van der Waals surface area (Å²) in [5.41, 5.74) is 0. The van der Waals surface area contributed by atoms with E-state index in [1.807, 2.05) is 14.1 Å². The van der Waals surface area contributed by atoms with Crippen molar-refractivity contribution in [2.75, 3.05) is 20.7 Å². The number of rotatable bonds is 8. The maximum absolute atomic E-state index is 9.36. The molecule has 0 aliphatic carbocycles. The van der Waals surface area contributed by atoms with Gasteiger partial charge in [-0.15, -0.1) is 12.4 Å². The van der Waals surface area contributed by atoms with E-state index < -0.39 is 6.10 Å². The molecule has 2 N–H and O–H groups in total. The highest BCUT2D eigenvalue weighted by Crippen LogP contribution is 2.12. The van der Waals surface area contributed by atoms with Gasteiger partial charge in [0.1, 0.15) is 0 Å². The molecule has 0 fully saturated rings. The van der Waals surface area contributed by atoms with Gasteiger partial charge in [0.2, 0.25) is 0 Å². The third-order valence-corrected chi connectivity index (χ3v) is 2.63. The van der Waals surface area contributed by atoms with Gasteiger partial charge in [-0.05, 0) is 26.9 Å². The fraction of sp³-hybridized carbons (Fsp3) is 1.00. The maximum atomic E-state index is 9.36. The lowest BCUT2D eigenvalue weighted by Crippen LogP contribution is -2.32. The molecule has 0 saturated heterocycles. The molecule has 15 heavy (non-hydrogen) atoms. The van der Waals surface area contributed by atoms with E-state index in [1.54, 1.807) is 0 Å². The summed E-state index contributed by atoms with van der Waals surface area (Å²) in [6.07, 6.45) is 4.90. The fourth-order valence-electron chi connectivity index (χ4n) is 1.61. The van der Waals surface area contributed by atoms with Gasteiger partial charge in [-0.25, -0.2) is 0 Å². The van der Waals surface area contributed by atoms with Crippen LogP contribution in [0.3, 0.4) is 0 Å². The topological polar surface area (TPSA) is 43.7 Å². The molecular weight excluding hydrogens is 214 g/mol. The molecule has 0 saturated carbocycles. The lowest BCUT2D eigenvalue weighted by Gasteiger charge is -2.26. The zero-order valence-electron chi connectivity index (χ0n) is 10.1. The van der Waals surface area contributed by atoms with Crippen molar-refractivity contribution < 1.29 is 10.2 Å². The van der Waals surface area contributed by atoms with Gasteiger partial charge in [-0.1, -0.05) is 26.2 Å². The molecular formula is C11H26ClNO2. The molecule has 0 aromatic carbocycles. The minimum Gasteiger partial charge on any atom is -0.394 e. The molecule has 0 radical (unpaired) electrons. The van der Waals surface area contributed by atoms with Crippen LogP contribution in [-0.4, -0.2) is 48.0 Å². The predicted octanol–water partition coefficient (Wildman–Crippen LogP) is 1.66. The second kappa shape index (κ2) is 10.7. The Morgan fingerprint density at radius 2 is 1.80 bits per heavy atom. The van der Waals surface area contributed by atoms with Crippen LogP contribution in [0, 0.1) is 0 Å². The summed E-state index contributed by atoms with van der Waals surface area (Å²) < 4.78 is 0. The van der Waals surface area contributed by atoms with Gasteiger partial charge in [0.15, 0.2) is 0 Å². The summed E-state index contributed by atoms with van der Waals surface area (Å²) in [7, 11) is 4.06. The van der Waals surface area contributed by atoms with E-state index in [1.165, 1.54) is 19.3 Å². The molecule has 0 aliphatic heterocycles. The minimum absolute atomic E-state index is 0. The zero-order chi connectivity index (χ0) is 11.0. The van der Waals surface area contributed by atoms with Crippen LogP contribution in [0.4, 0.5) is 0 Å². The Morgan fingerprint density at radius 1 is 1.20 bits per heavy atom. The molecule has 0 bridgehead atoms. The Labute approximate surface area is 99.9 Å². The zero-order valence-corrected chi connectivity index (χ0v) is 11.0. The van der Waals surface area contributed by atoms with Crippen LogP contribution in [0.2, 0.25) is 0 Å². The van der Waals surface area contributed by atoms with Crippen molar-refractivity contribution in [3.63, 3.8) is 0 Å². The second-order valence-electron chi connectivity index (χ2n) is 4.19. The summed E-state index contributed by atoms with van der Waals surface area (Å²) in [6.45, 7) is 2.06. The first-order valence-corrected chi connectivity index (χ1v) is 5.57. The number of hydrogen-bond acceptors (Lipinski definition) is 3. The van der Waals surface area contributed by atoms with Crippen LogP contribution in [0.5, 0.6) is 0 Å². The van der Waals surface area contributed by atoms with Gasteiger partial charge in [0, 0.05) is 6.04 Å². The Morgan fingerprint density at radius 3 is 2.20 bits per heavy atom. The van der Waals surface area contributed by atoms with E-state index in [0.29, 0.717) is 12.5 Å². The van der Waals surface area contributed by atoms with Gasteiger partial charge in [-0.2, -0.15) is 0 Å².